The Morgan fingerprint density at radius 3 is 2.44 bits per heavy atom. The number of nitrogens with one attached hydrogen (secondary N) is 3. The lowest BCUT2D eigenvalue weighted by atomic mass is 9.90. The molecule has 144 valence electrons. The average molecular weight is 372 g/mol. The van der Waals surface area contributed by atoms with Gasteiger partial charge in [0.1, 0.15) is 12.1 Å². The number of nitrogens with zero attached hydrogens (tertiary/aromatic N) is 1. The van der Waals surface area contributed by atoms with Gasteiger partial charge in [0.25, 0.3) is 5.91 Å². The zero-order chi connectivity index (χ0) is 20.2. The molecule has 1 heterocycles. The molecular formula is C19H24N4O4. The summed E-state index contributed by atoms with van der Waals surface area (Å²) in [5.41, 5.74) is 0.468. The number of urea groups is 2. The minimum Gasteiger partial charge on any atom is -0.334 e. The van der Waals surface area contributed by atoms with Crippen LogP contribution in [0.25, 0.3) is 0 Å². The van der Waals surface area contributed by atoms with E-state index in [9.17, 15) is 19.2 Å². The molecular weight excluding hydrogens is 348 g/mol. The van der Waals surface area contributed by atoms with E-state index in [4.69, 9.17) is 0 Å². The van der Waals surface area contributed by atoms with Crippen LogP contribution in [0.15, 0.2) is 36.9 Å². The van der Waals surface area contributed by atoms with Crippen LogP contribution >= 0.6 is 0 Å². The zero-order valence-electron chi connectivity index (χ0n) is 15.7. The first-order valence-corrected chi connectivity index (χ1v) is 8.62. The Labute approximate surface area is 158 Å². The molecule has 8 heteroatoms. The molecule has 1 aromatic rings. The van der Waals surface area contributed by atoms with Crippen molar-refractivity contribution in [1.82, 2.24) is 20.9 Å². The molecule has 1 fully saturated rings. The number of hydrogen-bond donors (Lipinski definition) is 3. The van der Waals surface area contributed by atoms with E-state index in [1.807, 2.05) is 12.1 Å². The van der Waals surface area contributed by atoms with Crippen LogP contribution in [0.3, 0.4) is 0 Å². The van der Waals surface area contributed by atoms with Gasteiger partial charge in [-0.15, -0.1) is 6.58 Å². The molecule has 1 saturated heterocycles. The van der Waals surface area contributed by atoms with Crippen molar-refractivity contribution < 1.29 is 19.2 Å². The summed E-state index contributed by atoms with van der Waals surface area (Å²) in [7, 11) is 0. The Hall–Kier alpha value is -3.16. The van der Waals surface area contributed by atoms with Gasteiger partial charge in [0, 0.05) is 6.54 Å². The second-order valence-corrected chi connectivity index (χ2v) is 6.77. The summed E-state index contributed by atoms with van der Waals surface area (Å²) in [6.07, 6.45) is 1.46. The van der Waals surface area contributed by atoms with Crippen molar-refractivity contribution in [1.29, 1.82) is 0 Å². The molecule has 0 aromatic heterocycles. The van der Waals surface area contributed by atoms with E-state index in [1.54, 1.807) is 19.1 Å². The van der Waals surface area contributed by atoms with Crippen LogP contribution in [0.2, 0.25) is 0 Å². The van der Waals surface area contributed by atoms with Crippen molar-refractivity contribution in [2.75, 3.05) is 13.1 Å². The highest BCUT2D eigenvalue weighted by atomic mass is 16.2. The second kappa shape index (κ2) is 8.03. The van der Waals surface area contributed by atoms with E-state index in [0.717, 1.165) is 10.5 Å². The van der Waals surface area contributed by atoms with Crippen LogP contribution in [0, 0.1) is 0 Å². The van der Waals surface area contributed by atoms with E-state index in [0.29, 0.717) is 11.5 Å². The Kier molecular flexibility index (Phi) is 5.99. The number of benzene rings is 1. The molecule has 1 atom stereocenters. The van der Waals surface area contributed by atoms with E-state index >= 15 is 0 Å². The van der Waals surface area contributed by atoms with Crippen molar-refractivity contribution >= 4 is 23.9 Å². The van der Waals surface area contributed by atoms with Gasteiger partial charge in [0.2, 0.25) is 5.91 Å². The lowest BCUT2D eigenvalue weighted by Gasteiger charge is -2.22. The highest BCUT2D eigenvalue weighted by Crippen LogP contribution is 2.29. The summed E-state index contributed by atoms with van der Waals surface area (Å²) >= 11 is 0. The van der Waals surface area contributed by atoms with Crippen LogP contribution in [-0.2, 0) is 15.1 Å². The van der Waals surface area contributed by atoms with Gasteiger partial charge < -0.3 is 10.6 Å². The summed E-state index contributed by atoms with van der Waals surface area (Å²) in [5, 5.41) is 7.06. The molecule has 27 heavy (non-hydrogen) atoms. The fraction of sp³-hybridized carbons (Fsp3) is 0.368. The number of hydrogen-bond acceptors (Lipinski definition) is 4. The first-order chi connectivity index (χ1) is 12.7. The van der Waals surface area contributed by atoms with Crippen LogP contribution in [0.5, 0.6) is 0 Å². The molecule has 8 nitrogen and oxygen atoms in total. The zero-order valence-corrected chi connectivity index (χ0v) is 15.7. The summed E-state index contributed by atoms with van der Waals surface area (Å²) in [5.74, 6) is -0.973. The van der Waals surface area contributed by atoms with Gasteiger partial charge in [-0.25, -0.2) is 9.59 Å². The minimum atomic E-state index is -1.27. The number of imide groups is 2. The molecule has 1 aliphatic rings. The number of carbonyl (C=O) groups excluding carboxylic acids is 4. The monoisotopic (exact) mass is 372 g/mol. The third kappa shape index (κ3) is 4.33. The maximum absolute atomic E-state index is 12.8. The highest BCUT2D eigenvalue weighted by Gasteiger charge is 2.49. The number of rotatable bonds is 6. The van der Waals surface area contributed by atoms with E-state index in [-0.39, 0.29) is 6.54 Å². The van der Waals surface area contributed by atoms with E-state index in [2.05, 4.69) is 36.4 Å². The van der Waals surface area contributed by atoms with Gasteiger partial charge >= 0.3 is 12.1 Å². The van der Waals surface area contributed by atoms with Crippen molar-refractivity contribution in [3.63, 3.8) is 0 Å². The van der Waals surface area contributed by atoms with E-state index in [1.165, 1.54) is 6.08 Å². The first kappa shape index (κ1) is 20.2. The molecule has 3 N–H and O–H groups in total. The predicted octanol–water partition coefficient (Wildman–Crippen LogP) is 1.59. The van der Waals surface area contributed by atoms with Gasteiger partial charge in [-0.3, -0.25) is 19.8 Å². The van der Waals surface area contributed by atoms with Crippen LogP contribution < -0.4 is 16.0 Å². The SMILES string of the molecule is C=CCNC(=O)NC(=O)CN1C(=O)N[C@](C)(c2ccc(C(C)C)cc2)C1=O. The standard InChI is InChI=1S/C19H24N4O4/c1-5-10-20-17(26)21-15(24)11-23-16(25)19(4,22-18(23)27)14-8-6-13(7-9-14)12(2)3/h5-9,12H,1,10-11H2,2-4H3,(H,22,27)(H2,20,21,24,26)/t19-/m1/s1. The molecule has 0 spiro atoms. The molecule has 0 unspecified atom stereocenters. The average Bonchev–Trinajstić information content (AvgIpc) is 2.84. The number of carbonyl (C=O) groups is 4. The fourth-order valence-electron chi connectivity index (χ4n) is 2.76. The normalized spacial score (nSPS) is 19.0. The smallest absolute Gasteiger partial charge is 0.325 e. The van der Waals surface area contributed by atoms with Gasteiger partial charge in [-0.2, -0.15) is 0 Å². The van der Waals surface area contributed by atoms with Crippen molar-refractivity contribution in [2.45, 2.75) is 32.2 Å². The van der Waals surface area contributed by atoms with Gasteiger partial charge in [-0.05, 0) is 24.0 Å². The Morgan fingerprint density at radius 1 is 1.26 bits per heavy atom. The molecule has 0 bridgehead atoms. The molecule has 0 saturated carbocycles. The van der Waals surface area contributed by atoms with Crippen molar-refractivity contribution in [3.05, 3.63) is 48.0 Å². The van der Waals surface area contributed by atoms with Gasteiger partial charge in [0.15, 0.2) is 0 Å². The Balaban J connectivity index is 2.10. The topological polar surface area (TPSA) is 108 Å². The third-order valence-corrected chi connectivity index (χ3v) is 4.39. The maximum atomic E-state index is 12.8. The van der Waals surface area contributed by atoms with Crippen LogP contribution in [0.1, 0.15) is 37.8 Å². The Morgan fingerprint density at radius 2 is 1.89 bits per heavy atom. The molecule has 2 rings (SSSR count). The van der Waals surface area contributed by atoms with Gasteiger partial charge in [-0.1, -0.05) is 44.2 Å². The summed E-state index contributed by atoms with van der Waals surface area (Å²) in [4.78, 5) is 49.3. The first-order valence-electron chi connectivity index (χ1n) is 8.62. The molecule has 1 aliphatic heterocycles. The largest absolute Gasteiger partial charge is 0.334 e. The maximum Gasteiger partial charge on any atom is 0.325 e. The summed E-state index contributed by atoms with van der Waals surface area (Å²) < 4.78 is 0. The number of amides is 6. The molecule has 0 radical (unpaired) electrons. The van der Waals surface area contributed by atoms with Crippen molar-refractivity contribution in [2.24, 2.45) is 0 Å². The molecule has 0 aliphatic carbocycles. The fourth-order valence-corrected chi connectivity index (χ4v) is 2.76. The third-order valence-electron chi connectivity index (χ3n) is 4.39. The molecule has 1 aromatic carbocycles. The van der Waals surface area contributed by atoms with Crippen LogP contribution in [-0.4, -0.2) is 41.9 Å². The van der Waals surface area contributed by atoms with E-state index < -0.39 is 36.0 Å². The summed E-state index contributed by atoms with van der Waals surface area (Å²) in [6, 6.07) is 5.99. The summed E-state index contributed by atoms with van der Waals surface area (Å²) in [6.45, 7) is 8.79. The Bertz CT molecular complexity index is 772. The predicted molar refractivity (Wildman–Crippen MR) is 99.9 cm³/mol. The molecule has 6 amide bonds. The minimum absolute atomic E-state index is 0.187. The van der Waals surface area contributed by atoms with Crippen LogP contribution in [0.4, 0.5) is 9.59 Å². The highest BCUT2D eigenvalue weighted by molar-refractivity contribution is 6.10. The lowest BCUT2D eigenvalue weighted by Crippen LogP contribution is -2.46. The quantitative estimate of drug-likeness (QED) is 0.520. The van der Waals surface area contributed by atoms with Crippen molar-refractivity contribution in [3.8, 4) is 0 Å². The van der Waals surface area contributed by atoms with Gasteiger partial charge in [0.05, 0.1) is 0 Å². The lowest BCUT2D eigenvalue weighted by molar-refractivity contribution is -0.134. The second-order valence-electron chi connectivity index (χ2n) is 6.77.